The monoisotopic (exact) mass is 317 g/mol. The number of carbonyl (C=O) groups is 1. The van der Waals surface area contributed by atoms with Crippen LogP contribution in [0.2, 0.25) is 5.02 Å². The summed E-state index contributed by atoms with van der Waals surface area (Å²) in [5, 5.41) is 13.9. The second-order valence-corrected chi connectivity index (χ2v) is 5.28. The van der Waals surface area contributed by atoms with Crippen molar-refractivity contribution >= 4 is 29.4 Å². The molecule has 5 nitrogen and oxygen atoms in total. The molecule has 0 saturated heterocycles. The average Bonchev–Trinajstić information content (AvgIpc) is 2.50. The Labute approximate surface area is 133 Å². The van der Waals surface area contributed by atoms with Gasteiger partial charge in [-0.25, -0.2) is 5.43 Å². The molecule has 0 aliphatic rings. The summed E-state index contributed by atoms with van der Waals surface area (Å²) in [5.41, 5.74) is 4.35. The lowest BCUT2D eigenvalue weighted by Gasteiger charge is -2.11. The van der Waals surface area contributed by atoms with E-state index in [9.17, 15) is 9.90 Å². The Hall–Kier alpha value is -2.53. The van der Waals surface area contributed by atoms with Crippen LogP contribution in [0.25, 0.3) is 0 Å². The molecule has 0 saturated carbocycles. The minimum absolute atomic E-state index is 0.0765. The van der Waals surface area contributed by atoms with Gasteiger partial charge < -0.3 is 10.0 Å². The number of rotatable bonds is 4. The van der Waals surface area contributed by atoms with Crippen molar-refractivity contribution in [1.82, 2.24) is 5.43 Å². The first-order valence-corrected chi connectivity index (χ1v) is 6.94. The smallest absolute Gasteiger partial charge is 0.275 e. The van der Waals surface area contributed by atoms with E-state index in [2.05, 4.69) is 10.5 Å². The molecule has 2 rings (SSSR count). The van der Waals surface area contributed by atoms with Crippen LogP contribution < -0.4 is 10.3 Å². The average molecular weight is 318 g/mol. The molecule has 0 aromatic heterocycles. The highest BCUT2D eigenvalue weighted by molar-refractivity contribution is 6.31. The first-order chi connectivity index (χ1) is 10.5. The Morgan fingerprint density at radius 2 is 1.91 bits per heavy atom. The van der Waals surface area contributed by atoms with Crippen molar-refractivity contribution in [2.75, 3.05) is 19.0 Å². The minimum atomic E-state index is -0.527. The van der Waals surface area contributed by atoms with E-state index in [1.807, 2.05) is 43.3 Å². The van der Waals surface area contributed by atoms with Crippen LogP contribution in [0.1, 0.15) is 15.9 Å². The Balaban J connectivity index is 2.02. The summed E-state index contributed by atoms with van der Waals surface area (Å²) in [5.74, 6) is -0.673. The zero-order valence-corrected chi connectivity index (χ0v) is 13.0. The summed E-state index contributed by atoms with van der Waals surface area (Å²) < 4.78 is 0. The van der Waals surface area contributed by atoms with Gasteiger partial charge in [0.15, 0.2) is 0 Å². The van der Waals surface area contributed by atoms with Crippen LogP contribution in [0.4, 0.5) is 5.69 Å². The fourth-order valence-electron chi connectivity index (χ4n) is 1.77. The number of hydrogen-bond donors (Lipinski definition) is 2. The van der Waals surface area contributed by atoms with Crippen molar-refractivity contribution in [3.05, 3.63) is 58.6 Å². The number of aromatic hydroxyl groups is 1. The molecule has 0 unspecified atom stereocenters. The number of carbonyl (C=O) groups excluding carboxylic acids is 1. The topological polar surface area (TPSA) is 64.9 Å². The summed E-state index contributed by atoms with van der Waals surface area (Å²) in [6.45, 7) is 0. The van der Waals surface area contributed by atoms with Crippen LogP contribution in [0.3, 0.4) is 0 Å². The number of phenols is 1. The second-order valence-electron chi connectivity index (χ2n) is 4.85. The Kier molecular flexibility index (Phi) is 5.01. The highest BCUT2D eigenvalue weighted by Crippen LogP contribution is 2.21. The fourth-order valence-corrected chi connectivity index (χ4v) is 1.95. The third-order valence-corrected chi connectivity index (χ3v) is 3.23. The maximum absolute atomic E-state index is 11.9. The maximum atomic E-state index is 11.9. The molecule has 0 spiro atoms. The quantitative estimate of drug-likeness (QED) is 0.673. The number of amides is 1. The lowest BCUT2D eigenvalue weighted by Crippen LogP contribution is -2.17. The van der Waals surface area contributed by atoms with E-state index >= 15 is 0 Å². The molecule has 6 heteroatoms. The van der Waals surface area contributed by atoms with Crippen LogP contribution >= 0.6 is 11.6 Å². The zero-order chi connectivity index (χ0) is 16.1. The van der Waals surface area contributed by atoms with E-state index < -0.39 is 5.91 Å². The van der Waals surface area contributed by atoms with E-state index in [4.69, 9.17) is 11.6 Å². The third kappa shape index (κ3) is 3.99. The van der Waals surface area contributed by atoms with E-state index in [-0.39, 0.29) is 11.3 Å². The predicted octanol–water partition coefficient (Wildman–Crippen LogP) is 2.88. The van der Waals surface area contributed by atoms with Crippen LogP contribution in [0.5, 0.6) is 5.75 Å². The highest BCUT2D eigenvalue weighted by atomic mass is 35.5. The van der Waals surface area contributed by atoms with Gasteiger partial charge in [0.1, 0.15) is 5.75 Å². The summed E-state index contributed by atoms with van der Waals surface area (Å²) in [4.78, 5) is 13.9. The molecule has 1 amide bonds. The summed E-state index contributed by atoms with van der Waals surface area (Å²) in [6, 6.07) is 11.9. The molecule has 0 bridgehead atoms. The largest absolute Gasteiger partial charge is 0.507 e. The molecule has 0 heterocycles. The van der Waals surface area contributed by atoms with Gasteiger partial charge in [0.05, 0.1) is 11.8 Å². The summed E-state index contributed by atoms with van der Waals surface area (Å²) >= 11 is 5.80. The summed E-state index contributed by atoms with van der Waals surface area (Å²) in [7, 11) is 3.92. The van der Waals surface area contributed by atoms with Crippen molar-refractivity contribution in [1.29, 1.82) is 0 Å². The Morgan fingerprint density at radius 1 is 1.23 bits per heavy atom. The molecular formula is C16H16ClN3O2. The number of halogens is 1. The number of hydrazone groups is 1. The lowest BCUT2D eigenvalue weighted by atomic mass is 10.2. The van der Waals surface area contributed by atoms with Gasteiger partial charge in [-0.05, 0) is 35.9 Å². The molecule has 0 fully saturated rings. The molecule has 2 aromatic carbocycles. The van der Waals surface area contributed by atoms with Gasteiger partial charge in [0.2, 0.25) is 0 Å². The van der Waals surface area contributed by atoms with Crippen molar-refractivity contribution < 1.29 is 9.90 Å². The van der Waals surface area contributed by atoms with Crippen molar-refractivity contribution in [2.24, 2.45) is 5.10 Å². The van der Waals surface area contributed by atoms with E-state index in [1.54, 1.807) is 0 Å². The van der Waals surface area contributed by atoms with E-state index in [1.165, 1.54) is 24.4 Å². The third-order valence-electron chi connectivity index (χ3n) is 2.99. The predicted molar refractivity (Wildman–Crippen MR) is 88.9 cm³/mol. The van der Waals surface area contributed by atoms with Gasteiger partial charge in [-0.15, -0.1) is 0 Å². The molecule has 2 aromatic rings. The van der Waals surface area contributed by atoms with Gasteiger partial charge >= 0.3 is 0 Å². The first kappa shape index (κ1) is 15.9. The molecule has 0 atom stereocenters. The molecule has 114 valence electrons. The zero-order valence-electron chi connectivity index (χ0n) is 12.2. The molecular weight excluding hydrogens is 302 g/mol. The van der Waals surface area contributed by atoms with E-state index in [0.29, 0.717) is 5.02 Å². The SMILES string of the molecule is CN(C)c1ccc(/C=N/NC(=O)c2cc(Cl)ccc2O)cc1. The normalized spacial score (nSPS) is 10.7. The number of hydrogen-bond acceptors (Lipinski definition) is 4. The van der Waals surface area contributed by atoms with Crippen LogP contribution in [0.15, 0.2) is 47.6 Å². The molecule has 22 heavy (non-hydrogen) atoms. The second kappa shape index (κ2) is 6.95. The fraction of sp³-hybridized carbons (Fsp3) is 0.125. The van der Waals surface area contributed by atoms with Gasteiger partial charge in [-0.1, -0.05) is 23.7 Å². The number of nitrogens with one attached hydrogen (secondary N) is 1. The lowest BCUT2D eigenvalue weighted by molar-refractivity contribution is 0.0952. The van der Waals surface area contributed by atoms with Crippen molar-refractivity contribution in [2.45, 2.75) is 0 Å². The van der Waals surface area contributed by atoms with Gasteiger partial charge in [-0.3, -0.25) is 4.79 Å². The Bertz CT molecular complexity index is 697. The van der Waals surface area contributed by atoms with Crippen molar-refractivity contribution in [3.63, 3.8) is 0 Å². The van der Waals surface area contributed by atoms with E-state index in [0.717, 1.165) is 11.3 Å². The summed E-state index contributed by atoms with van der Waals surface area (Å²) in [6.07, 6.45) is 1.53. The number of benzene rings is 2. The standard InChI is InChI=1S/C16H16ClN3O2/c1-20(2)13-6-3-11(4-7-13)10-18-19-16(22)14-9-12(17)5-8-15(14)21/h3-10,21H,1-2H3,(H,19,22)/b18-10+. The maximum Gasteiger partial charge on any atom is 0.275 e. The number of phenolic OH excluding ortho intramolecular Hbond substituents is 1. The first-order valence-electron chi connectivity index (χ1n) is 6.56. The highest BCUT2D eigenvalue weighted by Gasteiger charge is 2.10. The van der Waals surface area contributed by atoms with Gasteiger partial charge in [-0.2, -0.15) is 5.10 Å². The molecule has 0 aliphatic carbocycles. The molecule has 2 N–H and O–H groups in total. The van der Waals surface area contributed by atoms with Crippen LogP contribution in [-0.4, -0.2) is 31.3 Å². The minimum Gasteiger partial charge on any atom is -0.507 e. The van der Waals surface area contributed by atoms with Crippen LogP contribution in [0, 0.1) is 0 Å². The molecule has 0 aliphatic heterocycles. The van der Waals surface area contributed by atoms with Gasteiger partial charge in [0.25, 0.3) is 5.91 Å². The number of nitrogens with zero attached hydrogens (tertiary/aromatic N) is 2. The van der Waals surface area contributed by atoms with Gasteiger partial charge in [0, 0.05) is 24.8 Å². The molecule has 0 radical (unpaired) electrons. The number of anilines is 1. The Morgan fingerprint density at radius 3 is 2.55 bits per heavy atom. The van der Waals surface area contributed by atoms with Crippen molar-refractivity contribution in [3.8, 4) is 5.75 Å². The van der Waals surface area contributed by atoms with Crippen LogP contribution in [-0.2, 0) is 0 Å².